The lowest BCUT2D eigenvalue weighted by atomic mass is 10.0. The molecule has 1 saturated heterocycles. The number of hydrogen-bond donors (Lipinski definition) is 1. The van der Waals surface area contributed by atoms with E-state index in [9.17, 15) is 10.4 Å². The van der Waals surface area contributed by atoms with Crippen molar-refractivity contribution in [3.05, 3.63) is 16.8 Å². The molecule has 1 aromatic rings. The quantitative estimate of drug-likeness (QED) is 0.848. The number of aliphatic hydroxyl groups excluding tert-OH is 1. The fraction of sp³-hybridized carbons (Fsp3) is 0.615. The van der Waals surface area contributed by atoms with Gasteiger partial charge in [0.05, 0.1) is 11.8 Å². The molecule has 0 saturated carbocycles. The van der Waals surface area contributed by atoms with Crippen molar-refractivity contribution in [1.29, 1.82) is 5.26 Å². The molecule has 96 valence electrons. The van der Waals surface area contributed by atoms with Crippen molar-refractivity contribution >= 4 is 5.82 Å². The number of nitrogens with zero attached hydrogens (tertiary/aromatic N) is 4. The third-order valence-electron chi connectivity index (χ3n) is 3.75. The maximum Gasteiger partial charge on any atom is 0.169 e. The lowest BCUT2D eigenvalue weighted by molar-refractivity contribution is 0.136. The molecule has 2 atom stereocenters. The molecule has 5 nitrogen and oxygen atoms in total. The smallest absolute Gasteiger partial charge is 0.169 e. The average Bonchev–Trinajstić information content (AvgIpc) is 2.82. The van der Waals surface area contributed by atoms with E-state index in [2.05, 4.69) is 21.2 Å². The molecule has 1 N–H and O–H groups in total. The summed E-state index contributed by atoms with van der Waals surface area (Å²) in [5, 5.41) is 27.1. The van der Waals surface area contributed by atoms with E-state index in [1.54, 1.807) is 0 Å². The van der Waals surface area contributed by atoms with E-state index in [1.165, 1.54) is 0 Å². The topological polar surface area (TPSA) is 73.0 Å². The molecule has 2 heterocycles. The van der Waals surface area contributed by atoms with Crippen LogP contribution in [0.2, 0.25) is 0 Å². The van der Waals surface area contributed by atoms with Crippen molar-refractivity contribution in [3.63, 3.8) is 0 Å². The zero-order chi connectivity index (χ0) is 13.3. The third-order valence-corrected chi connectivity index (χ3v) is 3.75. The van der Waals surface area contributed by atoms with Crippen LogP contribution in [0.4, 0.5) is 5.82 Å². The van der Waals surface area contributed by atoms with Crippen LogP contribution >= 0.6 is 0 Å². The molecule has 0 aromatic carbocycles. The summed E-state index contributed by atoms with van der Waals surface area (Å²) >= 11 is 0. The van der Waals surface area contributed by atoms with Crippen LogP contribution in [0.5, 0.6) is 0 Å². The standard InChI is InChI=1S/C13H18N4O/c1-8-9(2)15-16-13(12(8)6-14)17-5-4-11(7-17)10(3)18/h10-11,18H,4-5,7H2,1-3H3. The van der Waals surface area contributed by atoms with E-state index in [4.69, 9.17) is 0 Å². The lowest BCUT2D eigenvalue weighted by Crippen LogP contribution is -2.26. The fourth-order valence-corrected chi connectivity index (χ4v) is 2.32. The van der Waals surface area contributed by atoms with Crippen LogP contribution in [0.15, 0.2) is 0 Å². The normalized spacial score (nSPS) is 20.8. The summed E-state index contributed by atoms with van der Waals surface area (Å²) in [6, 6.07) is 2.22. The summed E-state index contributed by atoms with van der Waals surface area (Å²) < 4.78 is 0. The van der Waals surface area contributed by atoms with Crippen molar-refractivity contribution in [2.75, 3.05) is 18.0 Å². The van der Waals surface area contributed by atoms with Crippen molar-refractivity contribution in [1.82, 2.24) is 10.2 Å². The molecule has 5 heteroatoms. The van der Waals surface area contributed by atoms with E-state index in [0.29, 0.717) is 11.4 Å². The second-order valence-electron chi connectivity index (χ2n) is 4.96. The highest BCUT2D eigenvalue weighted by molar-refractivity contribution is 5.58. The van der Waals surface area contributed by atoms with Crippen LogP contribution in [-0.2, 0) is 0 Å². The SMILES string of the molecule is Cc1nnc(N2CCC(C(C)O)C2)c(C#N)c1C. The molecule has 0 radical (unpaired) electrons. The van der Waals surface area contributed by atoms with Crippen LogP contribution < -0.4 is 4.90 Å². The molecular weight excluding hydrogens is 228 g/mol. The lowest BCUT2D eigenvalue weighted by Gasteiger charge is -2.20. The maximum absolute atomic E-state index is 9.61. The minimum absolute atomic E-state index is 0.250. The summed E-state index contributed by atoms with van der Waals surface area (Å²) in [4.78, 5) is 2.05. The van der Waals surface area contributed by atoms with Gasteiger partial charge in [-0.15, -0.1) is 5.10 Å². The maximum atomic E-state index is 9.61. The van der Waals surface area contributed by atoms with Crippen LogP contribution in [0.3, 0.4) is 0 Å². The minimum Gasteiger partial charge on any atom is -0.393 e. The third kappa shape index (κ3) is 2.16. The highest BCUT2D eigenvalue weighted by Crippen LogP contribution is 2.28. The first kappa shape index (κ1) is 12.8. The number of nitriles is 1. The first-order valence-corrected chi connectivity index (χ1v) is 6.21. The molecule has 2 unspecified atom stereocenters. The predicted octanol–water partition coefficient (Wildman–Crippen LogP) is 1.17. The van der Waals surface area contributed by atoms with E-state index in [1.807, 2.05) is 20.8 Å². The summed E-state index contributed by atoms with van der Waals surface area (Å²) in [7, 11) is 0. The van der Waals surface area contributed by atoms with Crippen LogP contribution in [0.25, 0.3) is 0 Å². The predicted molar refractivity (Wildman–Crippen MR) is 68.2 cm³/mol. The van der Waals surface area contributed by atoms with Gasteiger partial charge in [-0.3, -0.25) is 0 Å². The Hall–Kier alpha value is -1.67. The van der Waals surface area contributed by atoms with Gasteiger partial charge in [0, 0.05) is 19.0 Å². The van der Waals surface area contributed by atoms with E-state index in [-0.39, 0.29) is 12.0 Å². The number of aryl methyl sites for hydroxylation is 1. The number of aromatic nitrogens is 2. The monoisotopic (exact) mass is 246 g/mol. The fourth-order valence-electron chi connectivity index (χ4n) is 2.32. The molecule has 1 aliphatic heterocycles. The Kier molecular flexibility index (Phi) is 3.48. The molecule has 1 fully saturated rings. The van der Waals surface area contributed by atoms with Crippen molar-refractivity contribution < 1.29 is 5.11 Å². The zero-order valence-electron chi connectivity index (χ0n) is 11.0. The molecule has 18 heavy (non-hydrogen) atoms. The van der Waals surface area contributed by atoms with Gasteiger partial charge in [0.15, 0.2) is 5.82 Å². The Balaban J connectivity index is 2.31. The van der Waals surface area contributed by atoms with Gasteiger partial charge in [-0.1, -0.05) is 0 Å². The van der Waals surface area contributed by atoms with Gasteiger partial charge in [0.25, 0.3) is 0 Å². The average molecular weight is 246 g/mol. The van der Waals surface area contributed by atoms with Gasteiger partial charge in [0.2, 0.25) is 0 Å². The van der Waals surface area contributed by atoms with Gasteiger partial charge in [-0.25, -0.2) is 0 Å². The Morgan fingerprint density at radius 2 is 2.17 bits per heavy atom. The second kappa shape index (κ2) is 4.91. The zero-order valence-corrected chi connectivity index (χ0v) is 11.0. The Morgan fingerprint density at radius 1 is 1.44 bits per heavy atom. The molecule has 1 aromatic heterocycles. The Labute approximate surface area is 107 Å². The van der Waals surface area contributed by atoms with Gasteiger partial charge < -0.3 is 10.0 Å². The van der Waals surface area contributed by atoms with Crippen LogP contribution in [0.1, 0.15) is 30.2 Å². The largest absolute Gasteiger partial charge is 0.393 e. The molecule has 0 amide bonds. The van der Waals surface area contributed by atoms with Crippen LogP contribution in [0, 0.1) is 31.1 Å². The molecule has 0 spiro atoms. The molecule has 1 aliphatic rings. The summed E-state index contributed by atoms with van der Waals surface area (Å²) in [6.45, 7) is 7.13. The first-order chi connectivity index (χ1) is 8.54. The van der Waals surface area contributed by atoms with Gasteiger partial charge in [0.1, 0.15) is 11.6 Å². The highest BCUT2D eigenvalue weighted by Gasteiger charge is 2.29. The number of aliphatic hydroxyl groups is 1. The Morgan fingerprint density at radius 3 is 2.72 bits per heavy atom. The van der Waals surface area contributed by atoms with E-state index < -0.39 is 0 Å². The molecule has 0 bridgehead atoms. The number of rotatable bonds is 2. The van der Waals surface area contributed by atoms with Crippen molar-refractivity contribution in [2.45, 2.75) is 33.3 Å². The second-order valence-corrected chi connectivity index (χ2v) is 4.96. The van der Waals surface area contributed by atoms with Gasteiger partial charge in [-0.05, 0) is 32.8 Å². The number of anilines is 1. The van der Waals surface area contributed by atoms with E-state index >= 15 is 0 Å². The molecular formula is C13H18N4O. The minimum atomic E-state index is -0.319. The summed E-state index contributed by atoms with van der Waals surface area (Å²) in [5.74, 6) is 0.906. The van der Waals surface area contributed by atoms with Crippen LogP contribution in [-0.4, -0.2) is 34.5 Å². The first-order valence-electron chi connectivity index (χ1n) is 6.21. The highest BCUT2D eigenvalue weighted by atomic mass is 16.3. The molecule has 0 aliphatic carbocycles. The van der Waals surface area contributed by atoms with Crippen molar-refractivity contribution in [2.24, 2.45) is 5.92 Å². The Bertz CT molecular complexity index is 492. The van der Waals surface area contributed by atoms with Gasteiger partial charge >= 0.3 is 0 Å². The van der Waals surface area contributed by atoms with Gasteiger partial charge in [-0.2, -0.15) is 10.4 Å². The summed E-state index contributed by atoms with van der Waals surface area (Å²) in [6.07, 6.45) is 0.608. The van der Waals surface area contributed by atoms with Crippen molar-refractivity contribution in [3.8, 4) is 6.07 Å². The van der Waals surface area contributed by atoms with E-state index in [0.717, 1.165) is 30.8 Å². The molecule has 2 rings (SSSR count). The summed E-state index contributed by atoms with van der Waals surface area (Å²) in [5.41, 5.74) is 2.29. The number of hydrogen-bond acceptors (Lipinski definition) is 5.